The number of hydrogen-bond acceptors (Lipinski definition) is 6. The first-order valence-corrected chi connectivity index (χ1v) is 10.1. The fourth-order valence-corrected chi connectivity index (χ4v) is 3.17. The smallest absolute Gasteiger partial charge is 0.226 e. The number of anilines is 1. The Morgan fingerprint density at radius 3 is 2.57 bits per heavy atom. The van der Waals surface area contributed by atoms with Gasteiger partial charge < -0.3 is 10.1 Å². The van der Waals surface area contributed by atoms with E-state index in [1.54, 1.807) is 30.5 Å². The van der Waals surface area contributed by atoms with Crippen LogP contribution in [0, 0.1) is 5.82 Å². The Labute approximate surface area is 162 Å². The van der Waals surface area contributed by atoms with Crippen LogP contribution in [0.15, 0.2) is 60.8 Å². The summed E-state index contributed by atoms with van der Waals surface area (Å²) in [6.07, 6.45) is 1.55. The molecule has 1 heterocycles. The molecule has 9 heteroatoms. The van der Waals surface area contributed by atoms with Gasteiger partial charge in [-0.25, -0.2) is 22.5 Å². The van der Waals surface area contributed by atoms with Crippen molar-refractivity contribution in [3.05, 3.63) is 77.7 Å². The molecule has 0 amide bonds. The Kier molecular flexibility index (Phi) is 6.17. The number of sulfonamides is 1. The standard InChI is InChI=1S/C19H19FN4O3S/c1-21-28(25,26)13-15-4-2-3-14(11-15)12-23-19-22-10-9-18(24-19)27-17-7-5-16(20)6-8-17/h2-11,21H,12-13H2,1H3,(H,22,23,24). The third-order valence-electron chi connectivity index (χ3n) is 3.78. The average molecular weight is 402 g/mol. The molecule has 0 aliphatic rings. The Morgan fingerprint density at radius 2 is 1.82 bits per heavy atom. The van der Waals surface area contributed by atoms with Gasteiger partial charge in [-0.1, -0.05) is 24.3 Å². The van der Waals surface area contributed by atoms with Gasteiger partial charge in [0.2, 0.25) is 21.9 Å². The molecule has 0 bridgehead atoms. The van der Waals surface area contributed by atoms with Crippen LogP contribution in [-0.2, 0) is 22.3 Å². The minimum absolute atomic E-state index is 0.0885. The zero-order valence-electron chi connectivity index (χ0n) is 15.1. The molecule has 1 aromatic heterocycles. The summed E-state index contributed by atoms with van der Waals surface area (Å²) in [4.78, 5) is 8.39. The molecule has 2 aromatic carbocycles. The second-order valence-corrected chi connectivity index (χ2v) is 7.84. The highest BCUT2D eigenvalue weighted by Crippen LogP contribution is 2.20. The van der Waals surface area contributed by atoms with Crippen molar-refractivity contribution in [1.29, 1.82) is 0 Å². The van der Waals surface area contributed by atoms with Gasteiger partial charge in [0.05, 0.1) is 5.75 Å². The van der Waals surface area contributed by atoms with Gasteiger partial charge in [-0.05, 0) is 42.4 Å². The molecule has 146 valence electrons. The number of ether oxygens (including phenoxy) is 1. The molecule has 0 aliphatic heterocycles. The maximum Gasteiger partial charge on any atom is 0.226 e. The number of nitrogens with one attached hydrogen (secondary N) is 2. The maximum absolute atomic E-state index is 13.0. The van der Waals surface area contributed by atoms with E-state index >= 15 is 0 Å². The highest BCUT2D eigenvalue weighted by molar-refractivity contribution is 7.88. The normalized spacial score (nSPS) is 11.2. The lowest BCUT2D eigenvalue weighted by atomic mass is 10.1. The molecule has 7 nitrogen and oxygen atoms in total. The summed E-state index contributed by atoms with van der Waals surface area (Å²) in [5.41, 5.74) is 1.57. The Hall–Kier alpha value is -3.04. The molecular weight excluding hydrogens is 383 g/mol. The summed E-state index contributed by atoms with van der Waals surface area (Å²) in [7, 11) is -1.94. The van der Waals surface area contributed by atoms with Crippen molar-refractivity contribution in [1.82, 2.24) is 14.7 Å². The molecule has 0 saturated carbocycles. The zero-order valence-corrected chi connectivity index (χ0v) is 15.9. The highest BCUT2D eigenvalue weighted by atomic mass is 32.2. The second-order valence-electron chi connectivity index (χ2n) is 5.91. The summed E-state index contributed by atoms with van der Waals surface area (Å²) in [5.74, 6) is 0.701. The number of halogens is 1. The van der Waals surface area contributed by atoms with Crippen LogP contribution < -0.4 is 14.8 Å². The van der Waals surface area contributed by atoms with Crippen molar-refractivity contribution in [2.24, 2.45) is 0 Å². The first-order chi connectivity index (χ1) is 13.4. The van der Waals surface area contributed by atoms with E-state index in [0.29, 0.717) is 29.7 Å². The van der Waals surface area contributed by atoms with Crippen molar-refractivity contribution >= 4 is 16.0 Å². The van der Waals surface area contributed by atoms with Crippen molar-refractivity contribution in [2.75, 3.05) is 12.4 Å². The largest absolute Gasteiger partial charge is 0.439 e. The van der Waals surface area contributed by atoms with E-state index in [2.05, 4.69) is 20.0 Å². The molecule has 0 fully saturated rings. The number of rotatable bonds is 8. The van der Waals surface area contributed by atoms with Gasteiger partial charge in [0.15, 0.2) is 0 Å². The topological polar surface area (TPSA) is 93.2 Å². The van der Waals surface area contributed by atoms with E-state index in [0.717, 1.165) is 5.56 Å². The van der Waals surface area contributed by atoms with Crippen molar-refractivity contribution in [3.63, 3.8) is 0 Å². The predicted octanol–water partition coefficient (Wildman–Crippen LogP) is 3.07. The van der Waals surface area contributed by atoms with Crippen LogP contribution in [-0.4, -0.2) is 25.4 Å². The van der Waals surface area contributed by atoms with E-state index in [1.807, 2.05) is 6.07 Å². The average Bonchev–Trinajstić information content (AvgIpc) is 2.68. The Bertz CT molecular complexity index is 1040. The minimum atomic E-state index is -3.33. The summed E-state index contributed by atoms with van der Waals surface area (Å²) >= 11 is 0. The summed E-state index contributed by atoms with van der Waals surface area (Å²) in [6.45, 7) is 0.410. The number of hydrogen-bond donors (Lipinski definition) is 2. The number of aromatic nitrogens is 2. The third-order valence-corrected chi connectivity index (χ3v) is 5.11. The third kappa shape index (κ3) is 5.73. The van der Waals surface area contributed by atoms with Gasteiger partial charge in [-0.3, -0.25) is 0 Å². The van der Waals surface area contributed by atoms with Crippen LogP contribution in [0.4, 0.5) is 10.3 Å². The molecule has 3 aromatic rings. The lowest BCUT2D eigenvalue weighted by molar-refractivity contribution is 0.460. The number of nitrogens with zero attached hydrogens (tertiary/aromatic N) is 2. The fraction of sp³-hybridized carbons (Fsp3) is 0.158. The van der Waals surface area contributed by atoms with Gasteiger partial charge >= 0.3 is 0 Å². The van der Waals surface area contributed by atoms with E-state index in [1.165, 1.54) is 31.3 Å². The Morgan fingerprint density at radius 1 is 1.07 bits per heavy atom. The minimum Gasteiger partial charge on any atom is -0.439 e. The van der Waals surface area contributed by atoms with Crippen LogP contribution in [0.1, 0.15) is 11.1 Å². The van der Waals surface area contributed by atoms with Crippen molar-refractivity contribution < 1.29 is 17.5 Å². The van der Waals surface area contributed by atoms with Crippen LogP contribution in [0.2, 0.25) is 0 Å². The van der Waals surface area contributed by atoms with Gasteiger partial charge in [0.1, 0.15) is 11.6 Å². The molecule has 0 saturated heterocycles. The fourth-order valence-electron chi connectivity index (χ4n) is 2.41. The summed E-state index contributed by atoms with van der Waals surface area (Å²) in [6, 6.07) is 14.5. The molecule has 0 atom stereocenters. The van der Waals surface area contributed by atoms with Crippen molar-refractivity contribution in [2.45, 2.75) is 12.3 Å². The van der Waals surface area contributed by atoms with E-state index in [-0.39, 0.29) is 11.6 Å². The van der Waals surface area contributed by atoms with Crippen molar-refractivity contribution in [3.8, 4) is 11.6 Å². The quantitative estimate of drug-likeness (QED) is 0.602. The summed E-state index contributed by atoms with van der Waals surface area (Å²) < 4.78 is 44.2. The molecule has 0 spiro atoms. The monoisotopic (exact) mass is 402 g/mol. The van der Waals surface area contributed by atoms with Gasteiger partial charge in [-0.15, -0.1) is 0 Å². The van der Waals surface area contributed by atoms with E-state index in [4.69, 9.17) is 4.74 Å². The van der Waals surface area contributed by atoms with E-state index in [9.17, 15) is 12.8 Å². The second kappa shape index (κ2) is 8.77. The number of benzene rings is 2. The van der Waals surface area contributed by atoms with Crippen LogP contribution >= 0.6 is 0 Å². The maximum atomic E-state index is 13.0. The lowest BCUT2D eigenvalue weighted by Crippen LogP contribution is -2.20. The molecule has 0 aliphatic carbocycles. The lowest BCUT2D eigenvalue weighted by Gasteiger charge is -2.09. The molecule has 3 rings (SSSR count). The first-order valence-electron chi connectivity index (χ1n) is 8.43. The van der Waals surface area contributed by atoms with Gasteiger partial charge in [0, 0.05) is 18.8 Å². The SMILES string of the molecule is CNS(=O)(=O)Cc1cccc(CNc2nccc(Oc3ccc(F)cc3)n2)c1. The predicted molar refractivity (Wildman–Crippen MR) is 104 cm³/mol. The first kappa shape index (κ1) is 19.7. The van der Waals surface area contributed by atoms with Crippen LogP contribution in [0.25, 0.3) is 0 Å². The molecule has 2 N–H and O–H groups in total. The van der Waals surface area contributed by atoms with Crippen LogP contribution in [0.5, 0.6) is 11.6 Å². The summed E-state index contributed by atoms with van der Waals surface area (Å²) in [5, 5.41) is 3.07. The highest BCUT2D eigenvalue weighted by Gasteiger charge is 2.09. The van der Waals surface area contributed by atoms with Crippen LogP contribution in [0.3, 0.4) is 0 Å². The zero-order chi connectivity index (χ0) is 20.0. The molecular formula is C19H19FN4O3S. The molecule has 0 unspecified atom stereocenters. The van der Waals surface area contributed by atoms with Gasteiger partial charge in [-0.2, -0.15) is 4.98 Å². The van der Waals surface area contributed by atoms with Gasteiger partial charge in [0.25, 0.3) is 0 Å². The Balaban J connectivity index is 1.64. The molecule has 0 radical (unpaired) electrons. The van der Waals surface area contributed by atoms with E-state index < -0.39 is 10.0 Å². The molecule has 28 heavy (non-hydrogen) atoms.